The first-order valence-electron chi connectivity index (χ1n) is 7.84. The molecule has 1 aliphatic rings. The van der Waals surface area contributed by atoms with Crippen molar-refractivity contribution in [3.8, 4) is 5.75 Å². The summed E-state index contributed by atoms with van der Waals surface area (Å²) in [7, 11) is 0. The van der Waals surface area contributed by atoms with Gasteiger partial charge in [0, 0.05) is 15.6 Å². The van der Waals surface area contributed by atoms with Crippen LogP contribution in [0.1, 0.15) is 18.1 Å². The molecule has 27 heavy (non-hydrogen) atoms. The molecule has 1 aliphatic heterocycles. The Labute approximate surface area is 163 Å². The van der Waals surface area contributed by atoms with Crippen molar-refractivity contribution in [2.24, 2.45) is 0 Å². The highest BCUT2D eigenvalue weighted by molar-refractivity contribution is 6.36. The van der Waals surface area contributed by atoms with E-state index in [4.69, 9.17) is 23.2 Å². The van der Waals surface area contributed by atoms with Gasteiger partial charge < -0.3 is 10.1 Å². The minimum atomic E-state index is -2.95. The lowest BCUT2D eigenvalue weighted by molar-refractivity contribution is -0.131. The van der Waals surface area contributed by atoms with E-state index in [1.807, 2.05) is 0 Å². The zero-order chi connectivity index (χ0) is 19.8. The second-order valence-electron chi connectivity index (χ2n) is 6.05. The Bertz CT molecular complexity index is 872. The van der Waals surface area contributed by atoms with Crippen molar-refractivity contribution in [3.63, 3.8) is 0 Å². The number of halogens is 4. The van der Waals surface area contributed by atoms with E-state index in [1.165, 1.54) is 31.2 Å². The van der Waals surface area contributed by atoms with Gasteiger partial charge in [0.25, 0.3) is 5.91 Å². The molecule has 9 heteroatoms. The molecule has 0 aromatic heterocycles. The predicted molar refractivity (Wildman–Crippen MR) is 96.0 cm³/mol. The molecule has 0 bridgehead atoms. The lowest BCUT2D eigenvalue weighted by atomic mass is 9.92. The fourth-order valence-corrected chi connectivity index (χ4v) is 3.36. The summed E-state index contributed by atoms with van der Waals surface area (Å²) in [5, 5.41) is 3.30. The maximum absolute atomic E-state index is 12.9. The average molecular weight is 415 g/mol. The Morgan fingerprint density at radius 2 is 1.70 bits per heavy atom. The van der Waals surface area contributed by atoms with Crippen molar-refractivity contribution >= 4 is 35.1 Å². The monoisotopic (exact) mass is 414 g/mol. The first kappa shape index (κ1) is 19.4. The SMILES string of the molecule is CC1(c2ccc(OC(F)F)cc2)NC(=O)N(Cc2c(Cl)cccc2Cl)C1=O. The van der Waals surface area contributed by atoms with Crippen molar-refractivity contribution in [2.45, 2.75) is 25.6 Å². The van der Waals surface area contributed by atoms with Crippen molar-refractivity contribution < 1.29 is 23.1 Å². The molecule has 0 spiro atoms. The highest BCUT2D eigenvalue weighted by atomic mass is 35.5. The summed E-state index contributed by atoms with van der Waals surface area (Å²) in [5.41, 5.74) is -0.474. The summed E-state index contributed by atoms with van der Waals surface area (Å²) >= 11 is 12.2. The molecule has 1 fully saturated rings. The van der Waals surface area contributed by atoms with Gasteiger partial charge in [-0.15, -0.1) is 0 Å². The maximum Gasteiger partial charge on any atom is 0.387 e. The van der Waals surface area contributed by atoms with Crippen LogP contribution in [0.3, 0.4) is 0 Å². The van der Waals surface area contributed by atoms with Gasteiger partial charge in [-0.3, -0.25) is 9.69 Å². The van der Waals surface area contributed by atoms with E-state index < -0.39 is 24.1 Å². The summed E-state index contributed by atoms with van der Waals surface area (Å²) in [5.74, 6) is -0.556. The smallest absolute Gasteiger partial charge is 0.387 e. The van der Waals surface area contributed by atoms with E-state index in [2.05, 4.69) is 10.1 Å². The van der Waals surface area contributed by atoms with Gasteiger partial charge in [0.15, 0.2) is 0 Å². The van der Waals surface area contributed by atoms with Crippen molar-refractivity contribution in [2.75, 3.05) is 0 Å². The third kappa shape index (κ3) is 3.70. The molecule has 0 radical (unpaired) electrons. The first-order chi connectivity index (χ1) is 12.7. The van der Waals surface area contributed by atoms with Crippen LogP contribution in [0.5, 0.6) is 5.75 Å². The van der Waals surface area contributed by atoms with E-state index in [0.717, 1.165) is 4.90 Å². The van der Waals surface area contributed by atoms with E-state index in [9.17, 15) is 18.4 Å². The number of hydrogen-bond acceptors (Lipinski definition) is 3. The van der Waals surface area contributed by atoms with Crippen LogP contribution in [-0.2, 0) is 16.9 Å². The maximum atomic E-state index is 12.9. The summed E-state index contributed by atoms with van der Waals surface area (Å²) in [4.78, 5) is 26.3. The minimum Gasteiger partial charge on any atom is -0.435 e. The molecule has 142 valence electrons. The molecule has 1 heterocycles. The Balaban J connectivity index is 1.86. The van der Waals surface area contributed by atoms with Crippen LogP contribution in [0.4, 0.5) is 13.6 Å². The zero-order valence-corrected chi connectivity index (χ0v) is 15.5. The van der Waals surface area contributed by atoms with Crippen LogP contribution in [0.25, 0.3) is 0 Å². The topological polar surface area (TPSA) is 58.6 Å². The molecule has 5 nitrogen and oxygen atoms in total. The van der Waals surface area contributed by atoms with Gasteiger partial charge in [0.2, 0.25) is 0 Å². The fraction of sp³-hybridized carbons (Fsp3) is 0.222. The van der Waals surface area contributed by atoms with Crippen LogP contribution >= 0.6 is 23.2 Å². The predicted octanol–water partition coefficient (Wildman–Crippen LogP) is 4.56. The van der Waals surface area contributed by atoms with Gasteiger partial charge in [-0.05, 0) is 36.8 Å². The second kappa shape index (κ2) is 7.32. The molecule has 2 aromatic rings. The largest absolute Gasteiger partial charge is 0.435 e. The number of carbonyl (C=O) groups excluding carboxylic acids is 2. The van der Waals surface area contributed by atoms with E-state index in [0.29, 0.717) is 21.2 Å². The van der Waals surface area contributed by atoms with E-state index in [-0.39, 0.29) is 12.3 Å². The van der Waals surface area contributed by atoms with Crippen molar-refractivity contribution in [3.05, 3.63) is 63.6 Å². The van der Waals surface area contributed by atoms with Crippen LogP contribution in [-0.4, -0.2) is 23.4 Å². The van der Waals surface area contributed by atoms with Crippen molar-refractivity contribution in [1.29, 1.82) is 0 Å². The molecular formula is C18H14Cl2F2N2O3. The Morgan fingerprint density at radius 1 is 1.11 bits per heavy atom. The lowest BCUT2D eigenvalue weighted by Crippen LogP contribution is -2.40. The number of nitrogens with one attached hydrogen (secondary N) is 1. The van der Waals surface area contributed by atoms with E-state index in [1.54, 1.807) is 18.2 Å². The van der Waals surface area contributed by atoms with Crippen LogP contribution in [0.15, 0.2) is 42.5 Å². The van der Waals surface area contributed by atoms with Gasteiger partial charge >= 0.3 is 12.6 Å². The van der Waals surface area contributed by atoms with Gasteiger partial charge in [0.05, 0.1) is 6.54 Å². The number of urea groups is 1. The Hall–Kier alpha value is -2.38. The molecule has 3 amide bonds. The van der Waals surface area contributed by atoms with Crippen LogP contribution in [0, 0.1) is 0 Å². The fourth-order valence-electron chi connectivity index (χ4n) is 2.85. The molecule has 0 saturated carbocycles. The standard InChI is InChI=1S/C18H14Cl2F2N2O3/c1-18(10-5-7-11(8-6-10)27-16(21)22)15(25)24(17(26)23-18)9-12-13(19)3-2-4-14(12)20/h2-8,16H,9H2,1H3,(H,23,26). The van der Waals surface area contributed by atoms with Gasteiger partial charge in [-0.25, -0.2) is 4.79 Å². The quantitative estimate of drug-likeness (QED) is 0.729. The number of amides is 3. The number of benzene rings is 2. The highest BCUT2D eigenvalue weighted by Crippen LogP contribution is 2.33. The molecule has 2 aromatic carbocycles. The molecule has 3 rings (SSSR count). The number of alkyl halides is 2. The number of carbonyl (C=O) groups is 2. The first-order valence-corrected chi connectivity index (χ1v) is 8.60. The number of ether oxygens (including phenoxy) is 1. The third-order valence-electron chi connectivity index (χ3n) is 4.31. The highest BCUT2D eigenvalue weighted by Gasteiger charge is 2.49. The summed E-state index contributed by atoms with van der Waals surface area (Å²) in [6, 6.07) is 9.78. The Morgan fingerprint density at radius 3 is 2.26 bits per heavy atom. The van der Waals surface area contributed by atoms with E-state index >= 15 is 0 Å². The number of nitrogens with zero attached hydrogens (tertiary/aromatic N) is 1. The van der Waals surface area contributed by atoms with Crippen LogP contribution < -0.4 is 10.1 Å². The molecule has 1 atom stereocenters. The Kier molecular flexibility index (Phi) is 5.26. The lowest BCUT2D eigenvalue weighted by Gasteiger charge is -2.22. The number of hydrogen-bond donors (Lipinski definition) is 1. The van der Waals surface area contributed by atoms with Crippen LogP contribution in [0.2, 0.25) is 10.0 Å². The van der Waals surface area contributed by atoms with Crippen molar-refractivity contribution in [1.82, 2.24) is 10.2 Å². The normalized spacial score (nSPS) is 19.6. The van der Waals surface area contributed by atoms with Gasteiger partial charge in [0.1, 0.15) is 11.3 Å². The molecule has 1 saturated heterocycles. The third-order valence-corrected chi connectivity index (χ3v) is 5.02. The van der Waals surface area contributed by atoms with Gasteiger partial charge in [-0.2, -0.15) is 8.78 Å². The second-order valence-corrected chi connectivity index (χ2v) is 6.86. The van der Waals surface area contributed by atoms with Gasteiger partial charge in [-0.1, -0.05) is 41.4 Å². The number of rotatable bonds is 5. The molecule has 1 unspecified atom stereocenters. The summed E-state index contributed by atoms with van der Waals surface area (Å²) < 4.78 is 28.8. The number of imide groups is 1. The molecule has 0 aliphatic carbocycles. The molecular weight excluding hydrogens is 401 g/mol. The zero-order valence-electron chi connectivity index (χ0n) is 14.0. The average Bonchev–Trinajstić information content (AvgIpc) is 2.82. The minimum absolute atomic E-state index is 0.0474. The summed E-state index contributed by atoms with van der Waals surface area (Å²) in [6.07, 6.45) is 0. The summed E-state index contributed by atoms with van der Waals surface area (Å²) in [6.45, 7) is -1.51. The molecule has 1 N–H and O–H groups in total.